The Morgan fingerprint density at radius 2 is 1.95 bits per heavy atom. The molecule has 2 rings (SSSR count). The van der Waals surface area contributed by atoms with Crippen LogP contribution in [-0.4, -0.2) is 15.3 Å². The number of phenols is 1. The number of hydrogen-bond donors (Lipinski definition) is 1. The Hall–Kier alpha value is -2.60. The number of carbonyl (C=O) groups is 1. The van der Waals surface area contributed by atoms with E-state index in [0.717, 1.165) is 17.7 Å². The van der Waals surface area contributed by atoms with E-state index in [-0.39, 0.29) is 17.9 Å². The van der Waals surface area contributed by atoms with Gasteiger partial charge in [0.15, 0.2) is 11.5 Å². The van der Waals surface area contributed by atoms with Crippen LogP contribution in [0.3, 0.4) is 0 Å². The third-order valence-electron chi connectivity index (χ3n) is 2.72. The largest absolute Gasteiger partial charge is 0.504 e. The molecule has 0 spiro atoms. The molecule has 0 bridgehead atoms. The molecule has 21 heavy (non-hydrogen) atoms. The fraction of sp³-hybridized carbons (Fsp3) is 0.0714. The van der Waals surface area contributed by atoms with Gasteiger partial charge >= 0.3 is 0 Å². The normalized spacial score (nSPS) is 10.1. The van der Waals surface area contributed by atoms with Gasteiger partial charge in [-0.15, -0.1) is 0 Å². The number of ether oxygens (including phenoxy) is 1. The summed E-state index contributed by atoms with van der Waals surface area (Å²) in [6, 6.07) is 11.0. The van der Waals surface area contributed by atoms with Crippen molar-refractivity contribution in [3.63, 3.8) is 0 Å². The van der Waals surface area contributed by atoms with Crippen molar-refractivity contribution in [3.05, 3.63) is 63.7 Å². The molecule has 0 aromatic heterocycles. The first-order chi connectivity index (χ1) is 9.99. The summed E-state index contributed by atoms with van der Waals surface area (Å²) >= 11 is 5.31. The van der Waals surface area contributed by atoms with Gasteiger partial charge in [0.05, 0.1) is 11.0 Å². The predicted molar refractivity (Wildman–Crippen MR) is 75.7 cm³/mol. The number of rotatable bonds is 5. The molecule has 0 saturated heterocycles. The van der Waals surface area contributed by atoms with Crippen molar-refractivity contribution in [1.82, 2.24) is 0 Å². The van der Waals surface area contributed by atoms with Crippen LogP contribution >= 0.6 is 11.6 Å². The fourth-order valence-corrected chi connectivity index (χ4v) is 1.87. The minimum absolute atomic E-state index is 0.0477. The number of aromatic hydroxyl groups is 1. The lowest BCUT2D eigenvalue weighted by Crippen LogP contribution is -2.01. The number of hydrogen-bond acceptors (Lipinski definition) is 5. The third kappa shape index (κ3) is 3.49. The van der Waals surface area contributed by atoms with Crippen molar-refractivity contribution in [1.29, 1.82) is 0 Å². The lowest BCUT2D eigenvalue weighted by Gasteiger charge is -2.09. The highest BCUT2D eigenvalue weighted by Gasteiger charge is 2.22. The second-order valence-electron chi connectivity index (χ2n) is 4.14. The quantitative estimate of drug-likeness (QED) is 0.520. The van der Waals surface area contributed by atoms with Gasteiger partial charge in [0, 0.05) is 6.07 Å². The Labute approximate surface area is 124 Å². The summed E-state index contributed by atoms with van der Waals surface area (Å²) < 4.78 is 5.36. The van der Waals surface area contributed by atoms with Gasteiger partial charge in [-0.3, -0.25) is 14.9 Å². The lowest BCUT2D eigenvalue weighted by atomic mass is 10.1. The minimum Gasteiger partial charge on any atom is -0.504 e. The lowest BCUT2D eigenvalue weighted by molar-refractivity contribution is -0.385. The molecule has 6 nitrogen and oxygen atoms in total. The molecule has 2 aromatic carbocycles. The minimum atomic E-state index is -0.994. The summed E-state index contributed by atoms with van der Waals surface area (Å²) in [5, 5.41) is 19.6. The molecule has 0 aliphatic heterocycles. The van der Waals surface area contributed by atoms with Crippen LogP contribution in [-0.2, 0) is 6.61 Å². The van der Waals surface area contributed by atoms with E-state index in [1.807, 2.05) is 30.3 Å². The van der Waals surface area contributed by atoms with Gasteiger partial charge in [0.1, 0.15) is 12.2 Å². The number of nitrogens with zero attached hydrogens (tertiary/aromatic N) is 1. The summed E-state index contributed by atoms with van der Waals surface area (Å²) in [4.78, 5) is 21.2. The molecule has 0 unspecified atom stereocenters. The third-order valence-corrected chi connectivity index (χ3v) is 2.93. The van der Waals surface area contributed by atoms with Crippen LogP contribution in [0.5, 0.6) is 11.5 Å². The van der Waals surface area contributed by atoms with E-state index in [9.17, 15) is 20.0 Å². The van der Waals surface area contributed by atoms with E-state index < -0.39 is 21.6 Å². The van der Waals surface area contributed by atoms with Crippen molar-refractivity contribution in [2.45, 2.75) is 6.61 Å². The van der Waals surface area contributed by atoms with E-state index in [0.29, 0.717) is 0 Å². The van der Waals surface area contributed by atoms with Crippen LogP contribution in [0.2, 0.25) is 0 Å². The molecule has 2 aromatic rings. The maximum atomic E-state index is 11.2. The van der Waals surface area contributed by atoms with E-state index >= 15 is 0 Å². The number of phenolic OH excluding ortho intramolecular Hbond substituents is 1. The second kappa shape index (κ2) is 6.23. The van der Waals surface area contributed by atoms with Crippen molar-refractivity contribution in [2.24, 2.45) is 0 Å². The zero-order valence-corrected chi connectivity index (χ0v) is 11.4. The van der Waals surface area contributed by atoms with Crippen molar-refractivity contribution >= 4 is 22.5 Å². The average Bonchev–Trinajstić information content (AvgIpc) is 2.46. The molecule has 0 aliphatic carbocycles. The molecule has 108 valence electrons. The molecule has 0 saturated carbocycles. The van der Waals surface area contributed by atoms with Gasteiger partial charge in [0.2, 0.25) is 0 Å². The molecule has 0 aliphatic rings. The van der Waals surface area contributed by atoms with Crippen LogP contribution in [0, 0.1) is 10.1 Å². The Balaban J connectivity index is 2.30. The molecule has 0 atom stereocenters. The van der Waals surface area contributed by atoms with E-state index in [4.69, 9.17) is 16.3 Å². The Morgan fingerprint density at radius 1 is 1.29 bits per heavy atom. The molecule has 1 N–H and O–H groups in total. The summed E-state index contributed by atoms with van der Waals surface area (Å²) in [5.41, 5.74) is -0.0592. The van der Waals surface area contributed by atoms with Crippen molar-refractivity contribution in [3.8, 4) is 11.5 Å². The van der Waals surface area contributed by atoms with Crippen molar-refractivity contribution in [2.75, 3.05) is 0 Å². The van der Waals surface area contributed by atoms with E-state index in [1.54, 1.807) is 0 Å². The maximum absolute atomic E-state index is 11.2. The molecule has 0 amide bonds. The summed E-state index contributed by atoms with van der Waals surface area (Å²) in [6.07, 6.45) is 0. The molecular weight excluding hydrogens is 298 g/mol. The number of carbonyl (C=O) groups excluding carboxylic acids is 1. The summed E-state index contributed by atoms with van der Waals surface area (Å²) in [6.45, 7) is 0.141. The fourth-order valence-electron chi connectivity index (χ4n) is 1.72. The van der Waals surface area contributed by atoms with Gasteiger partial charge in [-0.05, 0) is 17.2 Å². The number of benzene rings is 2. The second-order valence-corrected chi connectivity index (χ2v) is 4.49. The first-order valence-electron chi connectivity index (χ1n) is 5.87. The smallest absolute Gasteiger partial charge is 0.285 e. The number of nitro benzene ring substituents is 1. The van der Waals surface area contributed by atoms with Crippen molar-refractivity contribution < 1.29 is 19.6 Å². The van der Waals surface area contributed by atoms with Crippen LogP contribution in [0.4, 0.5) is 5.69 Å². The maximum Gasteiger partial charge on any atom is 0.285 e. The predicted octanol–water partition coefficient (Wildman–Crippen LogP) is 3.26. The van der Waals surface area contributed by atoms with Gasteiger partial charge in [-0.25, -0.2) is 0 Å². The SMILES string of the molecule is O=C(Cl)c1cc(OCc2ccccc2)c(O)cc1[N+](=O)[O-]. The van der Waals surface area contributed by atoms with Crippen LogP contribution in [0.1, 0.15) is 15.9 Å². The zero-order valence-electron chi connectivity index (χ0n) is 10.7. The van der Waals surface area contributed by atoms with Gasteiger partial charge in [-0.2, -0.15) is 0 Å². The number of nitro groups is 1. The number of halogens is 1. The first-order valence-corrected chi connectivity index (χ1v) is 6.25. The molecule has 0 heterocycles. The standard InChI is InChI=1S/C14H10ClNO5/c15-14(18)10-6-13(12(17)7-11(10)16(19)20)21-8-9-4-2-1-3-5-9/h1-7,17H,8H2. The summed E-state index contributed by atoms with van der Waals surface area (Å²) in [5.74, 6) is -0.479. The van der Waals surface area contributed by atoms with Crippen LogP contribution in [0.15, 0.2) is 42.5 Å². The molecule has 0 radical (unpaired) electrons. The summed E-state index contributed by atoms with van der Waals surface area (Å²) in [7, 11) is 0. The molecular formula is C14H10ClNO5. The Bertz CT molecular complexity index is 687. The van der Waals surface area contributed by atoms with Crippen LogP contribution < -0.4 is 4.74 Å². The average molecular weight is 308 g/mol. The Kier molecular flexibility index (Phi) is 4.39. The van der Waals surface area contributed by atoms with E-state index in [1.165, 1.54) is 0 Å². The monoisotopic (exact) mass is 307 g/mol. The van der Waals surface area contributed by atoms with Gasteiger partial charge in [0.25, 0.3) is 10.9 Å². The van der Waals surface area contributed by atoms with Gasteiger partial charge < -0.3 is 9.84 Å². The highest BCUT2D eigenvalue weighted by atomic mass is 35.5. The molecule has 7 heteroatoms. The topological polar surface area (TPSA) is 89.7 Å². The Morgan fingerprint density at radius 3 is 2.52 bits per heavy atom. The van der Waals surface area contributed by atoms with Crippen LogP contribution in [0.25, 0.3) is 0 Å². The highest BCUT2D eigenvalue weighted by Crippen LogP contribution is 2.35. The first kappa shape index (κ1) is 14.8. The molecule has 0 fully saturated rings. The zero-order chi connectivity index (χ0) is 15.4. The van der Waals surface area contributed by atoms with Gasteiger partial charge in [-0.1, -0.05) is 30.3 Å². The highest BCUT2D eigenvalue weighted by molar-refractivity contribution is 6.68. The van der Waals surface area contributed by atoms with E-state index in [2.05, 4.69) is 0 Å².